The summed E-state index contributed by atoms with van der Waals surface area (Å²) in [6, 6.07) is 1.18. The van der Waals surface area contributed by atoms with Crippen molar-refractivity contribution in [1.29, 1.82) is 5.26 Å². The highest BCUT2D eigenvalue weighted by Crippen LogP contribution is 2.22. The second-order valence-corrected chi connectivity index (χ2v) is 9.71. The van der Waals surface area contributed by atoms with E-state index in [-0.39, 0.29) is 23.1 Å². The molecule has 2 aliphatic rings. The zero-order valence-electron chi connectivity index (χ0n) is 16.0. The smallest absolute Gasteiger partial charge is 0.331 e. The second-order valence-electron chi connectivity index (χ2n) is 7.48. The summed E-state index contributed by atoms with van der Waals surface area (Å²) in [5, 5.41) is 9.36. The van der Waals surface area contributed by atoms with Gasteiger partial charge in [-0.2, -0.15) is 5.26 Å². The van der Waals surface area contributed by atoms with Crippen LogP contribution < -0.4 is 11.2 Å². The van der Waals surface area contributed by atoms with Crippen molar-refractivity contribution in [2.24, 2.45) is 0 Å². The predicted octanol–water partition coefficient (Wildman–Crippen LogP) is -0.358. The van der Waals surface area contributed by atoms with Crippen molar-refractivity contribution in [3.63, 3.8) is 0 Å². The number of carbonyl (C=O) groups is 1. The summed E-state index contributed by atoms with van der Waals surface area (Å²) >= 11 is 0. The number of rotatable bonds is 5. The SMILES string of the molecule is CC[C@H](C)N(C(=O)Cn1c(=O)c(C#N)c2n(c1=O)CCC2)[C@@H]1CCS(=O)(=O)C1. The topological polar surface area (TPSA) is 122 Å². The van der Waals surface area contributed by atoms with Gasteiger partial charge in [-0.05, 0) is 32.6 Å². The molecule has 10 heteroatoms. The first-order chi connectivity index (χ1) is 13.2. The summed E-state index contributed by atoms with van der Waals surface area (Å²) in [4.78, 5) is 39.9. The Labute approximate surface area is 163 Å². The maximum absolute atomic E-state index is 13.1. The van der Waals surface area contributed by atoms with E-state index < -0.39 is 39.6 Å². The number of fused-ring (bicyclic) bond motifs is 1. The van der Waals surface area contributed by atoms with E-state index in [0.29, 0.717) is 37.9 Å². The largest absolute Gasteiger partial charge is 0.334 e. The van der Waals surface area contributed by atoms with Crippen LogP contribution >= 0.6 is 0 Å². The van der Waals surface area contributed by atoms with Crippen molar-refractivity contribution in [2.75, 3.05) is 11.5 Å². The fourth-order valence-electron chi connectivity index (χ4n) is 4.11. The van der Waals surface area contributed by atoms with Crippen LogP contribution in [0.1, 0.15) is 44.4 Å². The van der Waals surface area contributed by atoms with Crippen LogP contribution in [0.25, 0.3) is 0 Å². The van der Waals surface area contributed by atoms with Gasteiger partial charge < -0.3 is 4.90 Å². The standard InChI is InChI=1S/C18H24N4O5S/c1-3-12(2)22(13-6-8-28(26,27)11-13)16(23)10-21-17(24)14(9-19)15-5-4-7-20(15)18(21)25/h12-13H,3-8,10-11H2,1-2H3/t12-,13+/m0/s1. The Morgan fingerprint density at radius 2 is 2.11 bits per heavy atom. The second kappa shape index (κ2) is 7.54. The Bertz CT molecular complexity index is 1060. The number of aromatic nitrogens is 2. The van der Waals surface area contributed by atoms with Gasteiger partial charge in [-0.3, -0.25) is 14.2 Å². The van der Waals surface area contributed by atoms with Crippen molar-refractivity contribution >= 4 is 15.7 Å². The molecule has 1 amide bonds. The molecule has 0 bridgehead atoms. The van der Waals surface area contributed by atoms with Gasteiger partial charge in [0.05, 0.1) is 11.5 Å². The summed E-state index contributed by atoms with van der Waals surface area (Å²) in [6.07, 6.45) is 2.12. The first kappa shape index (κ1) is 20.3. The number of hydrogen-bond acceptors (Lipinski definition) is 6. The lowest BCUT2D eigenvalue weighted by atomic mass is 10.1. The zero-order valence-corrected chi connectivity index (χ0v) is 16.9. The molecule has 9 nitrogen and oxygen atoms in total. The molecule has 0 spiro atoms. The third-order valence-electron chi connectivity index (χ3n) is 5.69. The van der Waals surface area contributed by atoms with E-state index in [2.05, 4.69) is 0 Å². The molecule has 2 aliphatic heterocycles. The number of carbonyl (C=O) groups excluding carboxylic acids is 1. The van der Waals surface area contributed by atoms with Gasteiger partial charge in [0.25, 0.3) is 5.56 Å². The van der Waals surface area contributed by atoms with Gasteiger partial charge in [-0.25, -0.2) is 17.8 Å². The van der Waals surface area contributed by atoms with Crippen molar-refractivity contribution in [3.8, 4) is 6.07 Å². The van der Waals surface area contributed by atoms with Crippen LogP contribution in [0.5, 0.6) is 0 Å². The van der Waals surface area contributed by atoms with Gasteiger partial charge in [-0.1, -0.05) is 6.92 Å². The van der Waals surface area contributed by atoms with Crippen molar-refractivity contribution in [2.45, 2.75) is 64.7 Å². The van der Waals surface area contributed by atoms with E-state index >= 15 is 0 Å². The monoisotopic (exact) mass is 408 g/mol. The Kier molecular flexibility index (Phi) is 5.48. The fraction of sp³-hybridized carbons (Fsp3) is 0.667. The molecule has 1 aromatic rings. The first-order valence-electron chi connectivity index (χ1n) is 9.48. The van der Waals surface area contributed by atoms with Gasteiger partial charge >= 0.3 is 5.69 Å². The summed E-state index contributed by atoms with van der Waals surface area (Å²) in [5.41, 5.74) is -1.00. The van der Waals surface area contributed by atoms with Crippen LogP contribution in [0.15, 0.2) is 9.59 Å². The predicted molar refractivity (Wildman–Crippen MR) is 102 cm³/mol. The lowest BCUT2D eigenvalue weighted by molar-refractivity contribution is -0.136. The van der Waals surface area contributed by atoms with E-state index in [0.717, 1.165) is 4.57 Å². The Hall–Kier alpha value is -2.41. The average molecular weight is 408 g/mol. The van der Waals surface area contributed by atoms with Crippen molar-refractivity contribution in [1.82, 2.24) is 14.0 Å². The molecule has 0 radical (unpaired) electrons. The van der Waals surface area contributed by atoms with Crippen LogP contribution in [-0.4, -0.2) is 51.9 Å². The number of nitriles is 1. The third-order valence-corrected chi connectivity index (χ3v) is 7.44. The molecule has 1 saturated heterocycles. The maximum atomic E-state index is 13.1. The molecule has 0 saturated carbocycles. The van der Waals surface area contributed by atoms with E-state index in [4.69, 9.17) is 0 Å². The zero-order chi connectivity index (χ0) is 20.6. The molecule has 0 aliphatic carbocycles. The summed E-state index contributed by atoms with van der Waals surface area (Å²) in [5.74, 6) is -0.555. The van der Waals surface area contributed by atoms with E-state index in [1.54, 1.807) is 0 Å². The molecule has 0 N–H and O–H groups in total. The van der Waals surface area contributed by atoms with E-state index in [1.807, 2.05) is 19.9 Å². The molecule has 2 atom stereocenters. The number of sulfone groups is 1. The lowest BCUT2D eigenvalue weighted by Crippen LogP contribution is -2.51. The van der Waals surface area contributed by atoms with Crippen LogP contribution in [-0.2, 0) is 34.1 Å². The third kappa shape index (κ3) is 3.51. The highest BCUT2D eigenvalue weighted by atomic mass is 32.2. The minimum Gasteiger partial charge on any atom is -0.334 e. The Balaban J connectivity index is 1.98. The Morgan fingerprint density at radius 1 is 1.39 bits per heavy atom. The van der Waals surface area contributed by atoms with Gasteiger partial charge in [0.1, 0.15) is 18.2 Å². The maximum Gasteiger partial charge on any atom is 0.331 e. The summed E-state index contributed by atoms with van der Waals surface area (Å²) < 4.78 is 26.0. The lowest BCUT2D eigenvalue weighted by Gasteiger charge is -2.33. The molecule has 1 fully saturated rings. The average Bonchev–Trinajstić information content (AvgIpc) is 3.26. The number of hydrogen-bond donors (Lipinski definition) is 0. The molecule has 28 heavy (non-hydrogen) atoms. The van der Waals surface area contributed by atoms with E-state index in [1.165, 1.54) is 9.47 Å². The van der Waals surface area contributed by atoms with Crippen LogP contribution in [0.4, 0.5) is 0 Å². The minimum atomic E-state index is -3.19. The highest BCUT2D eigenvalue weighted by Gasteiger charge is 2.37. The molecule has 0 aromatic carbocycles. The number of amides is 1. The Morgan fingerprint density at radius 3 is 2.68 bits per heavy atom. The molecule has 152 valence electrons. The number of nitrogens with zero attached hydrogens (tertiary/aromatic N) is 4. The van der Waals surface area contributed by atoms with Gasteiger partial charge in [-0.15, -0.1) is 0 Å². The quantitative estimate of drug-likeness (QED) is 0.656. The van der Waals surface area contributed by atoms with Gasteiger partial charge in [0.15, 0.2) is 9.84 Å². The molecule has 0 unspecified atom stereocenters. The van der Waals surface area contributed by atoms with Crippen molar-refractivity contribution in [3.05, 3.63) is 32.1 Å². The first-order valence-corrected chi connectivity index (χ1v) is 11.3. The molecule has 1 aromatic heterocycles. The van der Waals surface area contributed by atoms with Crippen molar-refractivity contribution < 1.29 is 13.2 Å². The summed E-state index contributed by atoms with van der Waals surface area (Å²) in [6.45, 7) is 3.63. The highest BCUT2D eigenvalue weighted by molar-refractivity contribution is 7.91. The fourth-order valence-corrected chi connectivity index (χ4v) is 5.82. The molecule has 3 heterocycles. The van der Waals surface area contributed by atoms with Gasteiger partial charge in [0.2, 0.25) is 5.91 Å². The normalized spacial score (nSPS) is 21.1. The molecule has 3 rings (SSSR count). The summed E-state index contributed by atoms with van der Waals surface area (Å²) in [7, 11) is -3.19. The van der Waals surface area contributed by atoms with E-state index in [9.17, 15) is 28.1 Å². The van der Waals surface area contributed by atoms with Crippen LogP contribution in [0.3, 0.4) is 0 Å². The molecular formula is C18H24N4O5S. The van der Waals surface area contributed by atoms with Crippen LogP contribution in [0.2, 0.25) is 0 Å². The van der Waals surface area contributed by atoms with Gasteiger partial charge in [0, 0.05) is 24.3 Å². The molecular weight excluding hydrogens is 384 g/mol. The van der Waals surface area contributed by atoms with Crippen LogP contribution in [0, 0.1) is 11.3 Å². The minimum absolute atomic E-state index is 0.0257.